The van der Waals surface area contributed by atoms with Gasteiger partial charge in [0.15, 0.2) is 30.8 Å². The van der Waals surface area contributed by atoms with Crippen molar-refractivity contribution in [2.75, 3.05) is 41.0 Å². The van der Waals surface area contributed by atoms with E-state index < -0.39 is 139 Å². The zero-order valence-corrected chi connectivity index (χ0v) is 48.4. The third kappa shape index (κ3) is 17.4. The van der Waals surface area contributed by atoms with E-state index >= 15 is 9.59 Å². The van der Waals surface area contributed by atoms with E-state index in [9.17, 15) is 19.8 Å². The summed E-state index contributed by atoms with van der Waals surface area (Å²) in [7, 11) is 4.94. The van der Waals surface area contributed by atoms with Gasteiger partial charge in [0.1, 0.15) is 36.6 Å². The van der Waals surface area contributed by atoms with Gasteiger partial charge in [-0.05, 0) is 96.0 Å². The molecular weight excluding hydrogens is 999 g/mol. The number of Topliss-reactive ketones (excluding diaryl/α,β-unsaturated/α-hetero) is 1. The quantitative estimate of drug-likeness (QED) is 0.0948. The van der Waals surface area contributed by atoms with Gasteiger partial charge in [0.25, 0.3) is 0 Å². The Labute approximate surface area is 457 Å². The van der Waals surface area contributed by atoms with E-state index in [1.165, 1.54) is 14.2 Å². The Kier molecular flexibility index (Phi) is 24.7. The van der Waals surface area contributed by atoms with E-state index in [0.29, 0.717) is 31.4 Å². The monoisotopic (exact) mass is 1090 g/mol. The van der Waals surface area contributed by atoms with Crippen molar-refractivity contribution in [1.29, 1.82) is 0 Å². The molecule has 0 unspecified atom stereocenters. The number of cyclic esters (lactones) is 1. The molecule has 4 aliphatic rings. The van der Waals surface area contributed by atoms with Crippen molar-refractivity contribution in [3.8, 4) is 0 Å². The van der Waals surface area contributed by atoms with Gasteiger partial charge in [-0.25, -0.2) is 4.79 Å². The molecule has 5 rings (SSSR count). The predicted octanol–water partition coefficient (Wildman–Crippen LogP) is 5.81. The molecule has 22 atom stereocenters. The van der Waals surface area contributed by atoms with Gasteiger partial charge < -0.3 is 72.5 Å². The van der Waals surface area contributed by atoms with Gasteiger partial charge in [-0.1, -0.05) is 55.0 Å². The number of pyridine rings is 1. The Bertz CT molecular complexity index is 2030. The molecule has 0 aromatic carbocycles. The third-order valence-corrected chi connectivity index (χ3v) is 15.9. The SMILES string of the molecule is C=C1C[C@@H](C)O[C@@H](O[C@@H]2[C@@H](C)[C@H](O[C@H]3C[C@H](C)N(C)C[C@H](C)O3)[C@@H](C)C(=O)O[C@H]([C@@H](C)CO[C@@H]3O[C@H](C)[C@@H](O)[C@@H](OC)[C@H]3OC)[C@H](C)[C@@H](OC(=O)CC(C)C)[C@@H](C)C(=O)[C@@H](OC(=O)NCCc3ccncc3)C[C@@H]2C)[C@@H]1O. The summed E-state index contributed by atoms with van der Waals surface area (Å²) in [6.07, 6.45) is -10.2. The number of likely N-dealkylation sites (N-methyl/N-ethyl adjacent to an activating group) is 1. The number of aliphatic hydroxyl groups is 2. The molecule has 20 heteroatoms. The Morgan fingerprint density at radius 3 is 2.14 bits per heavy atom. The lowest BCUT2D eigenvalue weighted by molar-refractivity contribution is -0.305. The molecule has 1 aromatic heterocycles. The summed E-state index contributed by atoms with van der Waals surface area (Å²) < 4.78 is 69.9. The molecule has 1 amide bonds. The molecule has 438 valence electrons. The standard InChI is InChI=1S/C57H93N3O17/c1-29(2)23-43(61)74-50-36(9)46(63)42(73-57(66)59-22-19-41-17-20-58-21-18-41)25-31(4)48(77-55-45(62)30(3)24-34(7)71-55)37(10)51(75-44-26-33(6)60(14)27-35(8)70-44)39(12)54(65)76-49(38(50)11)32(5)28-69-56-53(68-16)52(67-15)47(64)40(13)72-56/h17-18,20-21,29,31-40,42,44-45,47-53,55-56,62,64H,3,19,22-28H2,1-2,4-16H3,(H,59,66)/t31-,32-,33-,34+,35-,36-,37+,38-,39+,40+,42-,44-,45+,47+,48-,49+,50-,51-,52+,53+,55-,56+/m0/s1. The highest BCUT2D eigenvalue weighted by atomic mass is 16.7. The van der Waals surface area contributed by atoms with Crippen molar-refractivity contribution in [3.05, 3.63) is 42.2 Å². The van der Waals surface area contributed by atoms with Gasteiger partial charge in [-0.2, -0.15) is 0 Å². The minimum Gasteiger partial charge on any atom is -0.461 e. The van der Waals surface area contributed by atoms with Crippen LogP contribution < -0.4 is 5.32 Å². The van der Waals surface area contributed by atoms with Crippen LogP contribution in [0.5, 0.6) is 0 Å². The molecule has 4 fully saturated rings. The first-order valence-corrected chi connectivity index (χ1v) is 27.8. The lowest BCUT2D eigenvalue weighted by Crippen LogP contribution is -2.59. The first kappa shape index (κ1) is 64.2. The summed E-state index contributed by atoms with van der Waals surface area (Å²) in [6, 6.07) is 3.71. The number of aromatic nitrogens is 1. The second kappa shape index (κ2) is 29.7. The average molecular weight is 1090 g/mol. The van der Waals surface area contributed by atoms with Crippen molar-refractivity contribution in [2.45, 2.75) is 213 Å². The molecule has 77 heavy (non-hydrogen) atoms. The summed E-state index contributed by atoms with van der Waals surface area (Å²) in [4.78, 5) is 64.9. The van der Waals surface area contributed by atoms with E-state index in [4.69, 9.17) is 52.1 Å². The first-order chi connectivity index (χ1) is 36.3. The molecule has 5 heterocycles. The van der Waals surface area contributed by atoms with Crippen molar-refractivity contribution in [2.24, 2.45) is 41.4 Å². The molecule has 0 spiro atoms. The molecule has 0 saturated carbocycles. The van der Waals surface area contributed by atoms with Gasteiger partial charge in [0.05, 0.1) is 49.0 Å². The Morgan fingerprint density at radius 2 is 1.49 bits per heavy atom. The van der Waals surface area contributed by atoms with E-state index in [1.807, 2.05) is 67.6 Å². The molecule has 0 aliphatic carbocycles. The number of ether oxygens (including phenoxy) is 11. The van der Waals surface area contributed by atoms with Crippen LogP contribution in [0.1, 0.15) is 114 Å². The molecule has 4 aliphatic heterocycles. The van der Waals surface area contributed by atoms with Crippen LogP contribution in [0.2, 0.25) is 0 Å². The number of esters is 2. The highest BCUT2D eigenvalue weighted by Crippen LogP contribution is 2.39. The summed E-state index contributed by atoms with van der Waals surface area (Å²) in [5, 5.41) is 25.3. The van der Waals surface area contributed by atoms with Gasteiger partial charge >= 0.3 is 18.0 Å². The van der Waals surface area contributed by atoms with Crippen LogP contribution in [-0.4, -0.2) is 183 Å². The average Bonchev–Trinajstić information content (AvgIpc) is 3.50. The lowest BCUT2D eigenvalue weighted by atomic mass is 9.78. The van der Waals surface area contributed by atoms with E-state index in [-0.39, 0.29) is 50.2 Å². The van der Waals surface area contributed by atoms with Gasteiger partial charge in [0, 0.05) is 76.3 Å². The fourth-order valence-corrected chi connectivity index (χ4v) is 11.3. The van der Waals surface area contributed by atoms with Crippen LogP contribution in [0.3, 0.4) is 0 Å². The van der Waals surface area contributed by atoms with E-state index in [1.54, 1.807) is 40.1 Å². The molecule has 4 saturated heterocycles. The predicted molar refractivity (Wildman–Crippen MR) is 283 cm³/mol. The highest BCUT2D eigenvalue weighted by molar-refractivity contribution is 5.88. The number of hydrogen-bond donors (Lipinski definition) is 3. The maximum atomic E-state index is 15.5. The highest BCUT2D eigenvalue weighted by Gasteiger charge is 2.50. The number of amides is 1. The maximum Gasteiger partial charge on any atom is 0.407 e. The number of carbonyl (C=O) groups excluding carboxylic acids is 4. The van der Waals surface area contributed by atoms with Crippen molar-refractivity contribution in [1.82, 2.24) is 15.2 Å². The second-order valence-corrected chi connectivity index (χ2v) is 22.9. The Morgan fingerprint density at radius 1 is 0.818 bits per heavy atom. The van der Waals surface area contributed by atoms with Gasteiger partial charge in [-0.3, -0.25) is 19.4 Å². The smallest absolute Gasteiger partial charge is 0.407 e. The minimum atomic E-state index is -1.44. The number of methoxy groups -OCH3 is 2. The van der Waals surface area contributed by atoms with Crippen LogP contribution in [0.15, 0.2) is 36.7 Å². The van der Waals surface area contributed by atoms with Crippen molar-refractivity contribution < 1.29 is 81.5 Å². The second-order valence-electron chi connectivity index (χ2n) is 22.9. The number of alkyl carbamates (subject to hydrolysis) is 1. The molecule has 1 aromatic rings. The lowest BCUT2D eigenvalue weighted by Gasteiger charge is -2.44. The first-order valence-electron chi connectivity index (χ1n) is 27.8. The van der Waals surface area contributed by atoms with E-state index in [2.05, 4.69) is 28.7 Å². The summed E-state index contributed by atoms with van der Waals surface area (Å²) >= 11 is 0. The van der Waals surface area contributed by atoms with Crippen LogP contribution in [0, 0.1) is 41.4 Å². The van der Waals surface area contributed by atoms with Crippen molar-refractivity contribution >= 4 is 23.8 Å². The molecule has 3 N–H and O–H groups in total. The Hall–Kier alpha value is -3.67. The zero-order valence-electron chi connectivity index (χ0n) is 48.4. The van der Waals surface area contributed by atoms with Crippen molar-refractivity contribution in [3.63, 3.8) is 0 Å². The van der Waals surface area contributed by atoms with Crippen LogP contribution in [0.25, 0.3) is 0 Å². The third-order valence-electron chi connectivity index (χ3n) is 15.9. The van der Waals surface area contributed by atoms with E-state index in [0.717, 1.165) is 5.56 Å². The van der Waals surface area contributed by atoms with Gasteiger partial charge in [0.2, 0.25) is 0 Å². The fraction of sp³-hybridized carbons (Fsp3) is 0.807. The molecule has 0 bridgehead atoms. The zero-order chi connectivity index (χ0) is 57.0. The topological polar surface area (TPSA) is 238 Å². The molecular formula is C57H93N3O17. The van der Waals surface area contributed by atoms with Crippen LogP contribution in [0.4, 0.5) is 4.79 Å². The number of rotatable bonds is 17. The molecule has 20 nitrogen and oxygen atoms in total. The maximum absolute atomic E-state index is 15.5. The summed E-state index contributed by atoms with van der Waals surface area (Å²) in [5.41, 5.74) is 1.44. The number of aliphatic hydroxyl groups excluding tert-OH is 2. The van der Waals surface area contributed by atoms with Crippen LogP contribution >= 0.6 is 0 Å². The number of nitrogens with one attached hydrogen (secondary N) is 1. The van der Waals surface area contributed by atoms with Gasteiger partial charge in [-0.15, -0.1) is 0 Å². The number of nitrogens with zero attached hydrogens (tertiary/aromatic N) is 2. The molecule has 0 radical (unpaired) electrons. The number of carbonyl (C=O) groups is 4. The number of ketones is 1. The number of hydrogen-bond acceptors (Lipinski definition) is 19. The normalized spacial score (nSPS) is 38.7. The van der Waals surface area contributed by atoms with Crippen LogP contribution in [-0.2, 0) is 72.9 Å². The minimum absolute atomic E-state index is 0.0234. The fourth-order valence-electron chi connectivity index (χ4n) is 11.3. The summed E-state index contributed by atoms with van der Waals surface area (Å²) in [6.45, 7) is 26.8. The summed E-state index contributed by atoms with van der Waals surface area (Å²) in [5.74, 6) is -7.03. The Balaban J connectivity index is 1.65. The largest absolute Gasteiger partial charge is 0.461 e.